The van der Waals surface area contributed by atoms with Gasteiger partial charge in [-0.3, -0.25) is 0 Å². The van der Waals surface area contributed by atoms with Gasteiger partial charge in [-0.2, -0.15) is 0 Å². The Kier molecular flexibility index (Phi) is 5.24. The first-order chi connectivity index (χ1) is 8.75. The van der Waals surface area contributed by atoms with Crippen molar-refractivity contribution in [3.63, 3.8) is 0 Å². The number of aromatic carboxylic acids is 1. The van der Waals surface area contributed by atoms with E-state index >= 15 is 0 Å². The number of carboxylic acid groups (broad SMARTS) is 1. The summed E-state index contributed by atoms with van der Waals surface area (Å²) in [5.74, 6) is -1.29. The Morgan fingerprint density at radius 1 is 1.21 bits per heavy atom. The molecule has 0 saturated carbocycles. The second kappa shape index (κ2) is 6.11. The molecule has 4 nitrogen and oxygen atoms in total. The highest BCUT2D eigenvalue weighted by Crippen LogP contribution is 2.32. The normalized spacial score (nSPS) is 11.8. The van der Waals surface area contributed by atoms with Crippen LogP contribution in [-0.4, -0.2) is 24.7 Å². The highest BCUT2D eigenvalue weighted by Gasteiger charge is 2.28. The van der Waals surface area contributed by atoms with Gasteiger partial charge >= 0.3 is 5.97 Å². The molecule has 0 radical (unpaired) electrons. The van der Waals surface area contributed by atoms with E-state index in [1.54, 1.807) is 13.8 Å². The zero-order chi connectivity index (χ0) is 14.8. The number of hydrogen-bond donors (Lipinski definition) is 1. The minimum absolute atomic E-state index is 0.0538. The third-order valence-corrected chi connectivity index (χ3v) is 6.14. The molecular formula is C12H14Cl2O4S. The monoisotopic (exact) mass is 324 g/mol. The van der Waals surface area contributed by atoms with Crippen molar-refractivity contribution in [2.24, 2.45) is 0 Å². The summed E-state index contributed by atoms with van der Waals surface area (Å²) in [6, 6.07) is 2.18. The first kappa shape index (κ1) is 16.3. The standard InChI is InChI=1S/C12H14Cl2O4S/c1-3-7(4-2)19(17,18)11-5-8(12(15)16)9(13)6-10(11)14/h5-7H,3-4H2,1-2H3,(H,15,16). The number of halogens is 2. The Morgan fingerprint density at radius 3 is 2.16 bits per heavy atom. The smallest absolute Gasteiger partial charge is 0.337 e. The fourth-order valence-corrected chi connectivity index (χ4v) is 4.45. The van der Waals surface area contributed by atoms with Crippen molar-refractivity contribution in [3.05, 3.63) is 27.7 Å². The largest absolute Gasteiger partial charge is 0.478 e. The number of rotatable bonds is 5. The lowest BCUT2D eigenvalue weighted by Gasteiger charge is -2.15. The molecule has 0 bridgehead atoms. The summed E-state index contributed by atoms with van der Waals surface area (Å²) in [7, 11) is -3.66. The van der Waals surface area contributed by atoms with Gasteiger partial charge in [0.1, 0.15) is 0 Å². The maximum Gasteiger partial charge on any atom is 0.337 e. The number of benzene rings is 1. The predicted octanol–water partition coefficient (Wildman–Crippen LogP) is 3.65. The molecule has 106 valence electrons. The van der Waals surface area contributed by atoms with E-state index in [-0.39, 0.29) is 20.5 Å². The maximum absolute atomic E-state index is 12.4. The lowest BCUT2D eigenvalue weighted by atomic mass is 10.2. The van der Waals surface area contributed by atoms with Crippen LogP contribution in [0.5, 0.6) is 0 Å². The number of carboxylic acids is 1. The lowest BCUT2D eigenvalue weighted by Crippen LogP contribution is -2.20. The van der Waals surface area contributed by atoms with Gasteiger partial charge in [0.05, 0.1) is 25.8 Å². The summed E-state index contributed by atoms with van der Waals surface area (Å²) >= 11 is 11.6. The van der Waals surface area contributed by atoms with Crippen LogP contribution in [0, 0.1) is 0 Å². The van der Waals surface area contributed by atoms with Crippen molar-refractivity contribution >= 4 is 39.0 Å². The second-order valence-electron chi connectivity index (χ2n) is 4.05. The van der Waals surface area contributed by atoms with Crippen LogP contribution < -0.4 is 0 Å². The van der Waals surface area contributed by atoms with Gasteiger partial charge in [-0.15, -0.1) is 0 Å². The van der Waals surface area contributed by atoms with Crippen LogP contribution in [0.2, 0.25) is 10.0 Å². The minimum Gasteiger partial charge on any atom is -0.478 e. The Morgan fingerprint density at radius 2 is 1.74 bits per heavy atom. The Balaban J connectivity index is 3.51. The molecule has 0 saturated heterocycles. The number of hydrogen-bond acceptors (Lipinski definition) is 3. The topological polar surface area (TPSA) is 71.4 Å². The molecule has 1 N–H and O–H groups in total. The SMILES string of the molecule is CCC(CC)S(=O)(=O)c1cc(C(=O)O)c(Cl)cc1Cl. The molecule has 0 heterocycles. The van der Waals surface area contributed by atoms with Crippen LogP contribution in [0.3, 0.4) is 0 Å². The van der Waals surface area contributed by atoms with Gasteiger partial charge < -0.3 is 5.11 Å². The Bertz CT molecular complexity index is 592. The van der Waals surface area contributed by atoms with E-state index < -0.39 is 21.1 Å². The van der Waals surface area contributed by atoms with E-state index in [0.29, 0.717) is 12.8 Å². The summed E-state index contributed by atoms with van der Waals surface area (Å²) in [5.41, 5.74) is -0.268. The van der Waals surface area contributed by atoms with Crippen LogP contribution >= 0.6 is 23.2 Å². The predicted molar refractivity (Wildman–Crippen MR) is 75.0 cm³/mol. The first-order valence-corrected chi connectivity index (χ1v) is 8.02. The van der Waals surface area contributed by atoms with Gasteiger partial charge in [0.15, 0.2) is 9.84 Å². The molecule has 1 rings (SSSR count). The average Bonchev–Trinajstić information content (AvgIpc) is 2.29. The van der Waals surface area contributed by atoms with Crippen molar-refractivity contribution < 1.29 is 18.3 Å². The molecule has 0 fully saturated rings. The molecule has 0 atom stereocenters. The first-order valence-electron chi connectivity index (χ1n) is 5.71. The zero-order valence-corrected chi connectivity index (χ0v) is 12.8. The van der Waals surface area contributed by atoms with E-state index in [0.717, 1.165) is 12.1 Å². The van der Waals surface area contributed by atoms with E-state index in [1.165, 1.54) is 0 Å². The zero-order valence-electron chi connectivity index (χ0n) is 10.5. The molecule has 7 heteroatoms. The summed E-state index contributed by atoms with van der Waals surface area (Å²) in [4.78, 5) is 10.8. The average molecular weight is 325 g/mol. The third kappa shape index (κ3) is 3.22. The molecule has 0 amide bonds. The van der Waals surface area contributed by atoms with Crippen LogP contribution in [0.15, 0.2) is 17.0 Å². The highest BCUT2D eigenvalue weighted by molar-refractivity contribution is 7.92. The number of sulfone groups is 1. The second-order valence-corrected chi connectivity index (χ2v) is 7.06. The van der Waals surface area contributed by atoms with Crippen molar-refractivity contribution in [1.29, 1.82) is 0 Å². The highest BCUT2D eigenvalue weighted by atomic mass is 35.5. The molecule has 1 aromatic carbocycles. The molecule has 0 spiro atoms. The third-order valence-electron chi connectivity index (χ3n) is 2.91. The molecule has 0 aliphatic carbocycles. The van der Waals surface area contributed by atoms with Gasteiger partial charge in [0.2, 0.25) is 0 Å². The van der Waals surface area contributed by atoms with Gasteiger partial charge in [-0.05, 0) is 25.0 Å². The van der Waals surface area contributed by atoms with Crippen molar-refractivity contribution in [2.75, 3.05) is 0 Å². The van der Waals surface area contributed by atoms with Crippen LogP contribution in [-0.2, 0) is 9.84 Å². The van der Waals surface area contributed by atoms with Gasteiger partial charge in [0.25, 0.3) is 0 Å². The molecule has 0 unspecified atom stereocenters. The molecule has 0 aliphatic heterocycles. The van der Waals surface area contributed by atoms with Gasteiger partial charge in [0, 0.05) is 0 Å². The van der Waals surface area contributed by atoms with Crippen molar-refractivity contribution in [3.8, 4) is 0 Å². The summed E-state index contributed by atoms with van der Waals surface area (Å²) < 4.78 is 24.8. The van der Waals surface area contributed by atoms with Gasteiger partial charge in [-0.1, -0.05) is 37.0 Å². The van der Waals surface area contributed by atoms with Crippen LogP contribution in [0.1, 0.15) is 37.0 Å². The Labute approximate surface area is 122 Å². The quantitative estimate of drug-likeness (QED) is 0.897. The lowest BCUT2D eigenvalue weighted by molar-refractivity contribution is 0.0697. The van der Waals surface area contributed by atoms with Gasteiger partial charge in [-0.25, -0.2) is 13.2 Å². The summed E-state index contributed by atoms with van der Waals surface area (Å²) in [6.45, 7) is 3.52. The minimum atomic E-state index is -3.66. The van der Waals surface area contributed by atoms with E-state index in [9.17, 15) is 13.2 Å². The van der Waals surface area contributed by atoms with Crippen molar-refractivity contribution in [2.45, 2.75) is 36.8 Å². The number of carbonyl (C=O) groups is 1. The molecule has 0 aromatic heterocycles. The van der Waals surface area contributed by atoms with E-state index in [2.05, 4.69) is 0 Å². The molecule has 0 aliphatic rings. The van der Waals surface area contributed by atoms with Crippen molar-refractivity contribution in [1.82, 2.24) is 0 Å². The summed E-state index contributed by atoms with van der Waals surface area (Å²) in [5, 5.41) is 8.25. The molecule has 1 aromatic rings. The molecular weight excluding hydrogens is 311 g/mol. The molecule has 19 heavy (non-hydrogen) atoms. The van der Waals surface area contributed by atoms with E-state index in [1.807, 2.05) is 0 Å². The fourth-order valence-electron chi connectivity index (χ4n) is 1.82. The van der Waals surface area contributed by atoms with Crippen LogP contribution in [0.4, 0.5) is 0 Å². The van der Waals surface area contributed by atoms with Crippen LogP contribution in [0.25, 0.3) is 0 Å². The Hall–Kier alpha value is -0.780. The fraction of sp³-hybridized carbons (Fsp3) is 0.417. The summed E-state index contributed by atoms with van der Waals surface area (Å²) in [6.07, 6.45) is 0.861. The van der Waals surface area contributed by atoms with E-state index in [4.69, 9.17) is 28.3 Å². The maximum atomic E-state index is 12.4.